The summed E-state index contributed by atoms with van der Waals surface area (Å²) in [5.74, 6) is 2.67. The largest absolute Gasteiger partial charge is 0.381 e. The molecule has 2 saturated heterocycles. The Hall–Kier alpha value is -3.37. The summed E-state index contributed by atoms with van der Waals surface area (Å²) >= 11 is 0. The first-order valence-corrected chi connectivity index (χ1v) is 12.0. The molecule has 4 aromatic rings. The van der Waals surface area contributed by atoms with E-state index in [1.807, 2.05) is 18.3 Å². The van der Waals surface area contributed by atoms with Crippen LogP contribution in [0.2, 0.25) is 0 Å². The molecule has 0 unspecified atom stereocenters. The minimum Gasteiger partial charge on any atom is -0.381 e. The molecule has 0 amide bonds. The van der Waals surface area contributed by atoms with E-state index in [1.54, 1.807) is 17.1 Å². The molecule has 0 spiro atoms. The smallest absolute Gasteiger partial charge is 0.254 e. The van der Waals surface area contributed by atoms with Crippen LogP contribution in [0.5, 0.6) is 0 Å². The van der Waals surface area contributed by atoms with Crippen LogP contribution in [-0.4, -0.2) is 73.8 Å². The van der Waals surface area contributed by atoms with Gasteiger partial charge in [-0.25, -0.2) is 9.67 Å². The summed E-state index contributed by atoms with van der Waals surface area (Å²) in [6.07, 6.45) is 7.53. The minimum absolute atomic E-state index is 0.414. The summed E-state index contributed by atoms with van der Waals surface area (Å²) < 4.78 is 15.1. The van der Waals surface area contributed by atoms with Gasteiger partial charge in [-0.2, -0.15) is 15.1 Å². The predicted molar refractivity (Wildman–Crippen MR) is 127 cm³/mol. The molecule has 0 aromatic carbocycles. The lowest BCUT2D eigenvalue weighted by atomic mass is 9.97. The number of rotatable bonds is 5. The normalized spacial score (nSPS) is 17.5. The zero-order chi connectivity index (χ0) is 22.9. The first kappa shape index (κ1) is 21.2. The van der Waals surface area contributed by atoms with Gasteiger partial charge in [0.25, 0.3) is 5.95 Å². The molecule has 0 bridgehead atoms. The van der Waals surface area contributed by atoms with Gasteiger partial charge in [-0.05, 0) is 38.0 Å². The highest BCUT2D eigenvalue weighted by Crippen LogP contribution is 2.31. The lowest BCUT2D eigenvalue weighted by Crippen LogP contribution is -2.37. The lowest BCUT2D eigenvalue weighted by Gasteiger charge is -2.28. The summed E-state index contributed by atoms with van der Waals surface area (Å²) in [6, 6.07) is 6.03. The van der Waals surface area contributed by atoms with Crippen molar-refractivity contribution in [3.05, 3.63) is 42.5 Å². The number of anilines is 1. The molecular weight excluding hydrogens is 432 g/mol. The third-order valence-corrected chi connectivity index (χ3v) is 6.58. The van der Waals surface area contributed by atoms with E-state index < -0.39 is 0 Å². The molecule has 10 heteroatoms. The Morgan fingerprint density at radius 2 is 1.71 bits per heavy atom. The van der Waals surface area contributed by atoms with Crippen molar-refractivity contribution in [3.63, 3.8) is 0 Å². The van der Waals surface area contributed by atoms with Crippen molar-refractivity contribution in [2.45, 2.75) is 32.2 Å². The predicted octanol–water partition coefficient (Wildman–Crippen LogP) is 2.82. The van der Waals surface area contributed by atoms with Crippen molar-refractivity contribution < 1.29 is 9.47 Å². The number of imidazole rings is 1. The van der Waals surface area contributed by atoms with E-state index in [2.05, 4.69) is 27.4 Å². The fourth-order valence-corrected chi connectivity index (χ4v) is 4.75. The molecule has 0 aliphatic carbocycles. The number of aryl methyl sites for hydroxylation is 1. The second kappa shape index (κ2) is 9.11. The van der Waals surface area contributed by atoms with Gasteiger partial charge in [-0.1, -0.05) is 0 Å². The van der Waals surface area contributed by atoms with Gasteiger partial charge in [0.1, 0.15) is 5.82 Å². The van der Waals surface area contributed by atoms with E-state index in [0.717, 1.165) is 79.8 Å². The van der Waals surface area contributed by atoms with Gasteiger partial charge in [0, 0.05) is 62.9 Å². The van der Waals surface area contributed by atoms with E-state index in [9.17, 15) is 0 Å². The van der Waals surface area contributed by atoms with Crippen molar-refractivity contribution in [1.82, 2.24) is 34.3 Å². The Bertz CT molecular complexity index is 1270. The molecule has 176 valence electrons. The highest BCUT2D eigenvalue weighted by atomic mass is 16.5. The molecule has 0 atom stereocenters. The molecular formula is C24H28N8O2. The van der Waals surface area contributed by atoms with Crippen molar-refractivity contribution in [2.75, 3.05) is 44.4 Å². The number of fused-ring (bicyclic) bond motifs is 1. The number of ether oxygens (including phenoxy) is 2. The summed E-state index contributed by atoms with van der Waals surface area (Å²) in [7, 11) is 0. The van der Waals surface area contributed by atoms with Crippen LogP contribution in [-0.2, 0) is 16.0 Å². The molecule has 6 heterocycles. The van der Waals surface area contributed by atoms with Crippen LogP contribution in [0, 0.1) is 0 Å². The Labute approximate surface area is 197 Å². The summed E-state index contributed by atoms with van der Waals surface area (Å²) in [6.45, 7) is 7.29. The van der Waals surface area contributed by atoms with Crippen LogP contribution in [0.4, 0.5) is 5.82 Å². The molecule has 10 nitrogen and oxygen atoms in total. The molecule has 6 rings (SSSR count). The monoisotopic (exact) mass is 460 g/mol. The zero-order valence-corrected chi connectivity index (χ0v) is 19.3. The number of nitrogens with zero attached hydrogens (tertiary/aromatic N) is 8. The Kier molecular flexibility index (Phi) is 5.68. The van der Waals surface area contributed by atoms with E-state index >= 15 is 0 Å². The first-order valence-electron chi connectivity index (χ1n) is 12.0. The van der Waals surface area contributed by atoms with Crippen LogP contribution in [0.15, 0.2) is 36.8 Å². The molecule has 0 N–H and O–H groups in total. The van der Waals surface area contributed by atoms with Crippen LogP contribution < -0.4 is 4.90 Å². The quantitative estimate of drug-likeness (QED) is 0.449. The fraction of sp³-hybridized carbons (Fsp3) is 0.458. The van der Waals surface area contributed by atoms with Crippen molar-refractivity contribution in [2.24, 2.45) is 0 Å². The van der Waals surface area contributed by atoms with Crippen LogP contribution >= 0.6 is 0 Å². The van der Waals surface area contributed by atoms with Gasteiger partial charge in [0.2, 0.25) is 0 Å². The molecule has 0 saturated carbocycles. The van der Waals surface area contributed by atoms with Gasteiger partial charge >= 0.3 is 0 Å². The zero-order valence-electron chi connectivity index (χ0n) is 19.3. The maximum absolute atomic E-state index is 5.59. The Morgan fingerprint density at radius 3 is 2.47 bits per heavy atom. The average molecular weight is 461 g/mol. The van der Waals surface area contributed by atoms with Crippen molar-refractivity contribution >= 4 is 17.0 Å². The molecule has 2 fully saturated rings. The van der Waals surface area contributed by atoms with Crippen molar-refractivity contribution in [1.29, 1.82) is 0 Å². The van der Waals surface area contributed by atoms with E-state index in [1.165, 1.54) is 0 Å². The Balaban J connectivity index is 1.49. The van der Waals surface area contributed by atoms with E-state index in [4.69, 9.17) is 29.5 Å². The van der Waals surface area contributed by atoms with Gasteiger partial charge in [0.15, 0.2) is 17.0 Å². The summed E-state index contributed by atoms with van der Waals surface area (Å²) in [5, 5.41) is 4.87. The molecule has 2 aliphatic heterocycles. The summed E-state index contributed by atoms with van der Waals surface area (Å²) in [5.41, 5.74) is 3.69. The number of pyridine rings is 1. The SMILES string of the molecule is CCn1c(-c2ccncc2)nc2c(N3CCOCC3)nc(-n3ccc(C4CCOCC4)n3)nc21. The third-order valence-electron chi connectivity index (χ3n) is 6.58. The van der Waals surface area contributed by atoms with Crippen LogP contribution in [0.25, 0.3) is 28.5 Å². The molecule has 4 aromatic heterocycles. The number of hydrogen-bond acceptors (Lipinski definition) is 8. The fourth-order valence-electron chi connectivity index (χ4n) is 4.75. The first-order chi connectivity index (χ1) is 16.8. The van der Waals surface area contributed by atoms with Gasteiger partial charge in [0.05, 0.1) is 18.9 Å². The molecule has 0 radical (unpaired) electrons. The number of morpholine rings is 1. The van der Waals surface area contributed by atoms with E-state index in [-0.39, 0.29) is 0 Å². The lowest BCUT2D eigenvalue weighted by molar-refractivity contribution is 0.0844. The number of hydrogen-bond donors (Lipinski definition) is 0. The standard InChI is InChI=1S/C24H28N8O2/c1-2-31-21(18-3-8-25-9-4-18)26-20-22(30-11-15-34-16-12-30)27-24(28-23(20)31)32-10-5-19(29-32)17-6-13-33-14-7-17/h3-5,8-10,17H,2,6-7,11-16H2,1H3. The highest BCUT2D eigenvalue weighted by Gasteiger charge is 2.25. The van der Waals surface area contributed by atoms with Gasteiger partial charge in [-0.15, -0.1) is 0 Å². The van der Waals surface area contributed by atoms with Gasteiger partial charge in [-0.3, -0.25) is 4.98 Å². The minimum atomic E-state index is 0.414. The van der Waals surface area contributed by atoms with Crippen LogP contribution in [0.1, 0.15) is 31.4 Å². The molecule has 2 aliphatic rings. The third kappa shape index (κ3) is 3.82. The molecule has 34 heavy (non-hydrogen) atoms. The number of aromatic nitrogens is 7. The van der Waals surface area contributed by atoms with Gasteiger partial charge < -0.3 is 18.9 Å². The average Bonchev–Trinajstić information content (AvgIpc) is 3.55. The highest BCUT2D eigenvalue weighted by molar-refractivity contribution is 5.87. The van der Waals surface area contributed by atoms with E-state index in [0.29, 0.717) is 25.1 Å². The Morgan fingerprint density at radius 1 is 0.941 bits per heavy atom. The summed E-state index contributed by atoms with van der Waals surface area (Å²) in [4.78, 5) is 21.4. The van der Waals surface area contributed by atoms with Crippen molar-refractivity contribution in [3.8, 4) is 17.3 Å². The second-order valence-electron chi connectivity index (χ2n) is 8.61. The topological polar surface area (TPSA) is 96.0 Å². The maximum atomic E-state index is 5.59. The second-order valence-corrected chi connectivity index (χ2v) is 8.61. The van der Waals surface area contributed by atoms with Crippen LogP contribution in [0.3, 0.4) is 0 Å². The maximum Gasteiger partial charge on any atom is 0.254 e.